The molecule has 0 N–H and O–H groups in total. The molecule has 1 fully saturated rings. The smallest absolute Gasteiger partial charge is 0.133 e. The Balaban J connectivity index is 1.50. The van der Waals surface area contributed by atoms with Gasteiger partial charge in [-0.3, -0.25) is 4.90 Å². The molecule has 1 saturated heterocycles. The standard InChI is InChI=1S/C18H20BrN3/c19-17-8-9-20-18-16(17)7-6-15-13-21(10-11-22(15)18)12-14-4-2-1-3-5-14/h1-5,8-9,15H,6-7,10-13H2/t15-/m1/s1. The fraction of sp³-hybridized carbons (Fsp3) is 0.389. The highest BCUT2D eigenvalue weighted by molar-refractivity contribution is 9.10. The molecule has 0 amide bonds. The second-order valence-electron chi connectivity index (χ2n) is 6.20. The van der Waals surface area contributed by atoms with Crippen molar-refractivity contribution >= 4 is 21.7 Å². The lowest BCUT2D eigenvalue weighted by molar-refractivity contribution is 0.206. The van der Waals surface area contributed by atoms with E-state index in [1.165, 1.54) is 27.8 Å². The summed E-state index contributed by atoms with van der Waals surface area (Å²) in [5.41, 5.74) is 2.79. The number of pyridine rings is 1. The van der Waals surface area contributed by atoms with Gasteiger partial charge in [0.25, 0.3) is 0 Å². The van der Waals surface area contributed by atoms with Crippen LogP contribution in [-0.4, -0.2) is 35.6 Å². The summed E-state index contributed by atoms with van der Waals surface area (Å²) >= 11 is 3.68. The van der Waals surface area contributed by atoms with Crippen molar-refractivity contribution in [3.8, 4) is 0 Å². The first-order valence-corrected chi connectivity index (χ1v) is 8.77. The predicted molar refractivity (Wildman–Crippen MR) is 93.1 cm³/mol. The first-order valence-electron chi connectivity index (χ1n) is 7.97. The lowest BCUT2D eigenvalue weighted by Crippen LogP contribution is -2.55. The van der Waals surface area contributed by atoms with E-state index in [1.807, 2.05) is 6.20 Å². The average Bonchev–Trinajstić information content (AvgIpc) is 2.56. The number of halogens is 1. The molecule has 0 aliphatic carbocycles. The molecule has 3 nitrogen and oxygen atoms in total. The summed E-state index contributed by atoms with van der Waals surface area (Å²) < 4.78 is 1.21. The van der Waals surface area contributed by atoms with Gasteiger partial charge in [-0.2, -0.15) is 0 Å². The number of hydrogen-bond acceptors (Lipinski definition) is 3. The summed E-state index contributed by atoms with van der Waals surface area (Å²) in [6, 6.07) is 13.5. The fourth-order valence-electron chi connectivity index (χ4n) is 3.68. The van der Waals surface area contributed by atoms with Crippen LogP contribution in [0.3, 0.4) is 0 Å². The number of nitrogens with zero attached hydrogens (tertiary/aromatic N) is 3. The van der Waals surface area contributed by atoms with E-state index in [4.69, 9.17) is 0 Å². The number of piperazine rings is 1. The van der Waals surface area contributed by atoms with Crippen molar-refractivity contribution in [1.82, 2.24) is 9.88 Å². The maximum Gasteiger partial charge on any atom is 0.133 e. The van der Waals surface area contributed by atoms with E-state index in [0.717, 1.165) is 32.6 Å². The number of benzene rings is 1. The second-order valence-corrected chi connectivity index (χ2v) is 7.06. The van der Waals surface area contributed by atoms with E-state index >= 15 is 0 Å². The van der Waals surface area contributed by atoms with Crippen LogP contribution >= 0.6 is 15.9 Å². The molecule has 4 heteroatoms. The molecule has 3 heterocycles. The Morgan fingerprint density at radius 1 is 1.14 bits per heavy atom. The van der Waals surface area contributed by atoms with Gasteiger partial charge in [0.05, 0.1) is 0 Å². The molecular formula is C18H20BrN3. The Bertz CT molecular complexity index is 659. The highest BCUT2D eigenvalue weighted by Crippen LogP contribution is 2.35. The van der Waals surface area contributed by atoms with Crippen molar-refractivity contribution in [2.45, 2.75) is 25.4 Å². The lowest BCUT2D eigenvalue weighted by atomic mass is 9.96. The first kappa shape index (κ1) is 14.2. The zero-order chi connectivity index (χ0) is 14.9. The van der Waals surface area contributed by atoms with Gasteiger partial charge in [-0.05, 0) is 24.5 Å². The van der Waals surface area contributed by atoms with Gasteiger partial charge in [0.1, 0.15) is 5.82 Å². The van der Waals surface area contributed by atoms with Crippen molar-refractivity contribution < 1.29 is 0 Å². The molecule has 1 aromatic carbocycles. The molecule has 2 aliphatic heterocycles. The van der Waals surface area contributed by atoms with Gasteiger partial charge in [-0.15, -0.1) is 0 Å². The molecular weight excluding hydrogens is 338 g/mol. The second kappa shape index (κ2) is 6.01. The Kier molecular flexibility index (Phi) is 3.89. The first-order chi connectivity index (χ1) is 10.8. The topological polar surface area (TPSA) is 19.4 Å². The Labute approximate surface area is 140 Å². The van der Waals surface area contributed by atoms with Gasteiger partial charge >= 0.3 is 0 Å². The van der Waals surface area contributed by atoms with E-state index in [1.54, 1.807) is 0 Å². The van der Waals surface area contributed by atoms with Crippen LogP contribution in [0.5, 0.6) is 0 Å². The van der Waals surface area contributed by atoms with Crippen molar-refractivity contribution in [2.75, 3.05) is 24.5 Å². The molecule has 1 aromatic heterocycles. The molecule has 0 saturated carbocycles. The van der Waals surface area contributed by atoms with Crippen molar-refractivity contribution in [3.05, 3.63) is 58.2 Å². The van der Waals surface area contributed by atoms with E-state index in [0.29, 0.717) is 6.04 Å². The highest BCUT2D eigenvalue weighted by atomic mass is 79.9. The van der Waals surface area contributed by atoms with Crippen molar-refractivity contribution in [3.63, 3.8) is 0 Å². The molecule has 114 valence electrons. The quantitative estimate of drug-likeness (QED) is 0.820. The Morgan fingerprint density at radius 2 is 2.00 bits per heavy atom. The molecule has 1 atom stereocenters. The fourth-order valence-corrected chi connectivity index (χ4v) is 4.17. The van der Waals surface area contributed by atoms with Gasteiger partial charge in [0.15, 0.2) is 0 Å². The van der Waals surface area contributed by atoms with Crippen molar-refractivity contribution in [1.29, 1.82) is 0 Å². The van der Waals surface area contributed by atoms with Gasteiger partial charge < -0.3 is 4.90 Å². The van der Waals surface area contributed by atoms with Crippen molar-refractivity contribution in [2.24, 2.45) is 0 Å². The number of anilines is 1. The van der Waals surface area contributed by atoms with Crippen LogP contribution in [0.15, 0.2) is 47.1 Å². The van der Waals surface area contributed by atoms with Crippen LogP contribution < -0.4 is 4.90 Å². The van der Waals surface area contributed by atoms with Crippen LogP contribution in [0.25, 0.3) is 0 Å². The summed E-state index contributed by atoms with van der Waals surface area (Å²) in [7, 11) is 0. The molecule has 4 rings (SSSR count). The summed E-state index contributed by atoms with van der Waals surface area (Å²) in [6.45, 7) is 4.39. The molecule has 0 unspecified atom stereocenters. The van der Waals surface area contributed by atoms with Gasteiger partial charge in [0.2, 0.25) is 0 Å². The van der Waals surface area contributed by atoms with E-state index < -0.39 is 0 Å². The Morgan fingerprint density at radius 3 is 2.86 bits per heavy atom. The average molecular weight is 358 g/mol. The third-order valence-corrected chi connectivity index (χ3v) is 5.53. The molecule has 0 bridgehead atoms. The Hall–Kier alpha value is -1.39. The SMILES string of the molecule is Brc1ccnc2c1CC[C@@H]1CN(Cc3ccccc3)CCN21. The molecule has 22 heavy (non-hydrogen) atoms. The van der Waals surface area contributed by atoms with Crippen LogP contribution in [0.2, 0.25) is 0 Å². The molecule has 2 aliphatic rings. The molecule has 2 aromatic rings. The summed E-state index contributed by atoms with van der Waals surface area (Å²) in [5, 5.41) is 0. The maximum atomic E-state index is 4.65. The zero-order valence-electron chi connectivity index (χ0n) is 12.6. The minimum Gasteiger partial charge on any atom is -0.351 e. The minimum absolute atomic E-state index is 0.603. The van der Waals surface area contributed by atoms with Crippen LogP contribution in [0.1, 0.15) is 17.5 Å². The highest BCUT2D eigenvalue weighted by Gasteiger charge is 2.33. The third-order valence-electron chi connectivity index (χ3n) is 4.79. The zero-order valence-corrected chi connectivity index (χ0v) is 14.2. The number of aromatic nitrogens is 1. The number of fused-ring (bicyclic) bond motifs is 3. The summed E-state index contributed by atoms with van der Waals surface area (Å²) in [4.78, 5) is 9.75. The molecule has 0 spiro atoms. The van der Waals surface area contributed by atoms with Gasteiger partial charge in [-0.1, -0.05) is 46.3 Å². The van der Waals surface area contributed by atoms with Gasteiger partial charge in [0, 0.05) is 48.5 Å². The van der Waals surface area contributed by atoms with Gasteiger partial charge in [-0.25, -0.2) is 4.98 Å². The van der Waals surface area contributed by atoms with E-state index in [-0.39, 0.29) is 0 Å². The maximum absolute atomic E-state index is 4.65. The largest absolute Gasteiger partial charge is 0.351 e. The van der Waals surface area contributed by atoms with Crippen LogP contribution in [0.4, 0.5) is 5.82 Å². The predicted octanol–water partition coefficient (Wildman–Crippen LogP) is 3.48. The third kappa shape index (κ3) is 2.66. The summed E-state index contributed by atoms with van der Waals surface area (Å²) in [6.07, 6.45) is 4.27. The minimum atomic E-state index is 0.603. The van der Waals surface area contributed by atoms with Crippen LogP contribution in [0, 0.1) is 0 Å². The summed E-state index contributed by atoms with van der Waals surface area (Å²) in [5.74, 6) is 1.20. The van der Waals surface area contributed by atoms with Crippen LogP contribution in [-0.2, 0) is 13.0 Å². The molecule has 0 radical (unpaired) electrons. The number of hydrogen-bond donors (Lipinski definition) is 0. The monoisotopic (exact) mass is 357 g/mol. The normalized spacial score (nSPS) is 21.3. The van der Waals surface area contributed by atoms with E-state index in [9.17, 15) is 0 Å². The number of rotatable bonds is 2. The lowest BCUT2D eigenvalue weighted by Gasteiger charge is -2.45. The van der Waals surface area contributed by atoms with E-state index in [2.05, 4.69) is 67.1 Å².